The molecule has 0 radical (unpaired) electrons. The number of amides is 2. The number of esters is 1. The van der Waals surface area contributed by atoms with E-state index in [0.29, 0.717) is 24.1 Å². The van der Waals surface area contributed by atoms with Gasteiger partial charge < -0.3 is 24.9 Å². The van der Waals surface area contributed by atoms with Crippen molar-refractivity contribution in [2.75, 3.05) is 24.3 Å². The van der Waals surface area contributed by atoms with E-state index in [1.54, 1.807) is 17.1 Å². The predicted octanol–water partition coefficient (Wildman–Crippen LogP) is 13.1. The van der Waals surface area contributed by atoms with Gasteiger partial charge in [-0.3, -0.25) is 14.5 Å². The summed E-state index contributed by atoms with van der Waals surface area (Å²) in [6.07, 6.45) is 0.858. The van der Waals surface area contributed by atoms with E-state index in [2.05, 4.69) is 47.0 Å². The minimum Gasteiger partial charge on any atom is -0.448 e. The first-order valence-electron chi connectivity index (χ1n) is 27.3. The number of benzene rings is 8. The van der Waals surface area contributed by atoms with Crippen molar-refractivity contribution in [2.45, 2.75) is 46.8 Å². The molecule has 408 valence electrons. The molecule has 2 N–H and O–H groups in total. The predicted molar refractivity (Wildman–Crippen MR) is 326 cm³/mol. The fourth-order valence-electron chi connectivity index (χ4n) is 11.0. The first-order chi connectivity index (χ1) is 40.4. The third-order valence-electron chi connectivity index (χ3n) is 15.0. The van der Waals surface area contributed by atoms with Gasteiger partial charge in [0.15, 0.2) is 16.9 Å². The van der Waals surface area contributed by atoms with Crippen LogP contribution < -0.4 is 10.6 Å². The van der Waals surface area contributed by atoms with Crippen molar-refractivity contribution < 1.29 is 28.7 Å². The minimum absolute atomic E-state index is 0.159. The second-order valence-corrected chi connectivity index (χ2v) is 23.3. The number of ether oxygens (including phenoxy) is 2. The van der Waals surface area contributed by atoms with Gasteiger partial charge in [0.25, 0.3) is 11.8 Å². The van der Waals surface area contributed by atoms with E-state index in [0.717, 1.165) is 62.3 Å². The molecule has 82 heavy (non-hydrogen) atoms. The van der Waals surface area contributed by atoms with E-state index >= 15 is 14.4 Å². The zero-order valence-electron chi connectivity index (χ0n) is 44.5. The van der Waals surface area contributed by atoms with Crippen LogP contribution in [0.2, 0.25) is 0 Å². The third kappa shape index (κ3) is 10.9. The Hall–Kier alpha value is -8.53. The molecular formula is C68H57N5O6S3. The minimum atomic E-state index is -1.37. The third-order valence-corrected chi connectivity index (χ3v) is 18.7. The number of thiazole rings is 1. The first-order valence-corrected chi connectivity index (χ1v) is 30.1. The number of oxime groups is 1. The second kappa shape index (κ2) is 24.7. The van der Waals surface area contributed by atoms with E-state index < -0.39 is 46.4 Å². The van der Waals surface area contributed by atoms with Gasteiger partial charge >= 0.3 is 5.97 Å². The highest BCUT2D eigenvalue weighted by atomic mass is 32.2. The van der Waals surface area contributed by atoms with Gasteiger partial charge in [0.05, 0.1) is 0 Å². The Morgan fingerprint density at radius 1 is 0.622 bits per heavy atom. The average Bonchev–Trinajstić information content (AvgIpc) is 3.63. The van der Waals surface area contributed by atoms with Crippen LogP contribution in [0.4, 0.5) is 5.13 Å². The molecule has 3 aliphatic rings. The quantitative estimate of drug-likeness (QED) is 0.0265. The summed E-state index contributed by atoms with van der Waals surface area (Å²) in [6, 6.07) is 78.1. The zero-order chi connectivity index (χ0) is 55.7. The number of fused-ring (bicyclic) bond motifs is 1. The SMILES string of the molecule is O=C(NC1C(=O)N2C(C(=O)OC(c3ccccc3)c3ccccc3)=C(SC3CCOCC3)CS[C@@H]12)C(=NOC(c1ccccc1)(c1ccccc1)c1ccccc1)c1csc(NC(c2ccccc2)(c2ccccc2)c2ccccc2)n1. The van der Waals surface area contributed by atoms with Crippen LogP contribution in [-0.2, 0) is 39.8 Å². The molecule has 2 atom stereocenters. The lowest BCUT2D eigenvalue weighted by molar-refractivity contribution is -0.154. The number of rotatable bonds is 19. The highest BCUT2D eigenvalue weighted by Crippen LogP contribution is 2.47. The Kier molecular flexibility index (Phi) is 16.3. The van der Waals surface area contributed by atoms with Gasteiger partial charge in [0.1, 0.15) is 28.3 Å². The summed E-state index contributed by atoms with van der Waals surface area (Å²) >= 11 is 4.42. The first kappa shape index (κ1) is 54.1. The van der Waals surface area contributed by atoms with Gasteiger partial charge in [-0.1, -0.05) is 248 Å². The molecule has 11 nitrogen and oxygen atoms in total. The molecule has 12 rings (SSSR count). The number of anilines is 1. The number of aromatic nitrogens is 1. The largest absolute Gasteiger partial charge is 0.448 e. The molecule has 0 bridgehead atoms. The van der Waals surface area contributed by atoms with Crippen molar-refractivity contribution in [3.8, 4) is 0 Å². The van der Waals surface area contributed by atoms with Crippen LogP contribution in [-0.4, -0.2) is 69.0 Å². The summed E-state index contributed by atoms with van der Waals surface area (Å²) in [7, 11) is 0. The van der Waals surface area contributed by atoms with Crippen LogP contribution >= 0.6 is 34.9 Å². The van der Waals surface area contributed by atoms with Crippen molar-refractivity contribution in [1.29, 1.82) is 0 Å². The topological polar surface area (TPSA) is 131 Å². The maximum Gasteiger partial charge on any atom is 0.356 e. The summed E-state index contributed by atoms with van der Waals surface area (Å²) in [5.74, 6) is -1.35. The van der Waals surface area contributed by atoms with Crippen molar-refractivity contribution in [3.05, 3.63) is 309 Å². The number of β-lactam (4-membered cyclic amide) rings is 1. The van der Waals surface area contributed by atoms with Gasteiger partial charge in [-0.2, -0.15) is 0 Å². The Balaban J connectivity index is 0.932. The lowest BCUT2D eigenvalue weighted by Crippen LogP contribution is -2.71. The molecule has 1 aromatic heterocycles. The Morgan fingerprint density at radius 3 is 1.52 bits per heavy atom. The van der Waals surface area contributed by atoms with Crippen LogP contribution in [0.5, 0.6) is 0 Å². The smallest absolute Gasteiger partial charge is 0.356 e. The molecule has 14 heteroatoms. The summed E-state index contributed by atoms with van der Waals surface area (Å²) < 4.78 is 12.2. The number of carbonyl (C=O) groups is 3. The second-order valence-electron chi connectivity index (χ2n) is 20.0. The van der Waals surface area contributed by atoms with Crippen LogP contribution in [0.3, 0.4) is 0 Å². The lowest BCUT2D eigenvalue weighted by atomic mass is 9.77. The summed E-state index contributed by atoms with van der Waals surface area (Å²) in [5, 5.41) is 13.7. The van der Waals surface area contributed by atoms with Crippen LogP contribution in [0.15, 0.2) is 264 Å². The lowest BCUT2D eigenvalue weighted by Gasteiger charge is -2.50. The highest BCUT2D eigenvalue weighted by Gasteiger charge is 2.55. The maximum absolute atomic E-state index is 15.6. The normalized spacial score (nSPS) is 16.7. The molecule has 3 aliphatic heterocycles. The maximum atomic E-state index is 15.6. The Morgan fingerprint density at radius 2 is 1.06 bits per heavy atom. The van der Waals surface area contributed by atoms with Crippen molar-refractivity contribution in [1.82, 2.24) is 15.2 Å². The molecule has 0 aliphatic carbocycles. The van der Waals surface area contributed by atoms with E-state index in [4.69, 9.17) is 24.5 Å². The van der Waals surface area contributed by atoms with Crippen LogP contribution in [0.1, 0.15) is 69.1 Å². The average molecular weight is 1140 g/mol. The van der Waals surface area contributed by atoms with E-state index in [9.17, 15) is 0 Å². The Labute approximate surface area is 489 Å². The molecule has 2 saturated heterocycles. The fourth-order valence-corrected chi connectivity index (χ4v) is 14.5. The van der Waals surface area contributed by atoms with Crippen molar-refractivity contribution in [2.24, 2.45) is 5.16 Å². The molecule has 2 amide bonds. The number of carbonyl (C=O) groups excluding carboxylic acids is 3. The molecule has 0 spiro atoms. The Bertz CT molecular complexity index is 3460. The van der Waals surface area contributed by atoms with Crippen molar-refractivity contribution >= 4 is 63.5 Å². The monoisotopic (exact) mass is 1140 g/mol. The molecule has 1 unspecified atom stereocenters. The number of thioether (sulfide) groups is 2. The van der Waals surface area contributed by atoms with Crippen molar-refractivity contribution in [3.63, 3.8) is 0 Å². The highest BCUT2D eigenvalue weighted by molar-refractivity contribution is 8.06. The van der Waals surface area contributed by atoms with Gasteiger partial charge in [-0.15, -0.1) is 34.9 Å². The van der Waals surface area contributed by atoms with E-state index in [1.165, 1.54) is 28.0 Å². The molecular weight excluding hydrogens is 1080 g/mol. The molecule has 4 heterocycles. The van der Waals surface area contributed by atoms with Crippen LogP contribution in [0, 0.1) is 0 Å². The van der Waals surface area contributed by atoms with Gasteiger partial charge in [-0.25, -0.2) is 9.78 Å². The zero-order valence-corrected chi connectivity index (χ0v) is 47.0. The number of nitrogens with one attached hydrogen (secondary N) is 2. The van der Waals surface area contributed by atoms with Crippen LogP contribution in [0.25, 0.3) is 0 Å². The molecule has 8 aromatic carbocycles. The summed E-state index contributed by atoms with van der Waals surface area (Å²) in [4.78, 5) is 60.1. The number of hydrogen-bond acceptors (Lipinski definition) is 12. The standard InChI is InChI=1S/C68H57N5O6S3/c74-62(70-59-63(75)73-60(57(46-80-64(59)73)82-55-41-43-77-44-42-55)65(76)78-61(47-25-9-1-10-26-47)48-27-11-2-12-28-48)58(72-79-68(52-35-19-6-20-36-52,53-37-21-7-22-38-53)54-39-23-8-24-40-54)56-45-81-66(69-56)71-67(49-29-13-3-14-30-49,50-31-15-4-16-32-50)51-33-17-5-18-34-51/h1-40,45,55,59,61,64H,41-44,46H2,(H,69,71)(H,70,74)/t59?,64-/m0/s1. The van der Waals surface area contributed by atoms with Gasteiger partial charge in [0.2, 0.25) is 5.60 Å². The van der Waals surface area contributed by atoms with E-state index in [-0.39, 0.29) is 22.4 Å². The molecule has 2 fully saturated rings. The fraction of sp³-hybridized carbons (Fsp3) is 0.162. The van der Waals surface area contributed by atoms with Gasteiger partial charge in [0, 0.05) is 51.2 Å². The van der Waals surface area contributed by atoms with Gasteiger partial charge in [-0.05, 0) is 40.7 Å². The summed E-state index contributed by atoms with van der Waals surface area (Å²) in [5.41, 5.74) is 4.73. The molecule has 0 saturated carbocycles. The number of hydrogen-bond donors (Lipinski definition) is 2. The van der Waals surface area contributed by atoms with E-state index in [1.807, 2.05) is 206 Å². The molecule has 9 aromatic rings. The summed E-state index contributed by atoms with van der Waals surface area (Å²) in [6.45, 7) is 1.23. The number of nitrogens with zero attached hydrogens (tertiary/aromatic N) is 3.